The van der Waals surface area contributed by atoms with Crippen molar-refractivity contribution in [3.8, 4) is 16.9 Å². The van der Waals surface area contributed by atoms with Crippen molar-refractivity contribution in [1.29, 1.82) is 0 Å². The van der Waals surface area contributed by atoms with Gasteiger partial charge in [-0.1, -0.05) is 0 Å². The molecule has 1 aliphatic rings. The predicted octanol–water partition coefficient (Wildman–Crippen LogP) is 3.41. The summed E-state index contributed by atoms with van der Waals surface area (Å²) in [5.41, 5.74) is 4.18. The lowest BCUT2D eigenvalue weighted by Crippen LogP contribution is -2.15. The highest BCUT2D eigenvalue weighted by Gasteiger charge is 2.43. The van der Waals surface area contributed by atoms with E-state index in [9.17, 15) is 9.18 Å². The van der Waals surface area contributed by atoms with Crippen LogP contribution in [-0.2, 0) is 4.79 Å². The molecule has 1 fully saturated rings. The average molecular weight is 365 g/mol. The molecule has 136 valence electrons. The summed E-state index contributed by atoms with van der Waals surface area (Å²) >= 11 is 0. The first-order chi connectivity index (χ1) is 13.1. The van der Waals surface area contributed by atoms with Crippen LogP contribution >= 0.6 is 0 Å². The Bertz CT molecular complexity index is 1180. The molecule has 1 aromatic carbocycles. The van der Waals surface area contributed by atoms with Crippen LogP contribution in [-0.4, -0.2) is 39.1 Å². The van der Waals surface area contributed by atoms with Crippen molar-refractivity contribution in [3.05, 3.63) is 36.8 Å². The Morgan fingerprint density at radius 3 is 2.93 bits per heavy atom. The molecule has 8 heteroatoms. The standard InChI is InChI=1S/C19H16FN5O2/c1-27-16-6-15-14(22-8-23-15)5-10(16)12-7-21-18-9(12)2-3-17(24-18)25-19(26)11-4-13(11)20/h2-3,5-8,11,13H,4H2,1H3,(H,22,23)(H2,21,24,25,26)/t11-,13+/m0/s1. The fourth-order valence-corrected chi connectivity index (χ4v) is 3.29. The van der Waals surface area contributed by atoms with Crippen LogP contribution in [0.25, 0.3) is 33.2 Å². The van der Waals surface area contributed by atoms with Crippen molar-refractivity contribution in [3.63, 3.8) is 0 Å². The lowest BCUT2D eigenvalue weighted by molar-refractivity contribution is -0.117. The number of fused-ring (bicyclic) bond motifs is 2. The first kappa shape index (κ1) is 15.8. The summed E-state index contributed by atoms with van der Waals surface area (Å²) in [7, 11) is 1.62. The van der Waals surface area contributed by atoms with E-state index in [4.69, 9.17) is 4.74 Å². The third-order valence-corrected chi connectivity index (χ3v) is 4.87. The maximum atomic E-state index is 13.0. The minimum atomic E-state index is -1.03. The molecule has 0 spiro atoms. The third-order valence-electron chi connectivity index (χ3n) is 4.87. The Morgan fingerprint density at radius 2 is 2.15 bits per heavy atom. The predicted molar refractivity (Wildman–Crippen MR) is 99.4 cm³/mol. The van der Waals surface area contributed by atoms with Gasteiger partial charge in [-0.2, -0.15) is 0 Å². The van der Waals surface area contributed by atoms with Crippen molar-refractivity contribution < 1.29 is 13.9 Å². The minimum absolute atomic E-state index is 0.288. The largest absolute Gasteiger partial charge is 0.496 e. The number of anilines is 1. The SMILES string of the molecule is COc1cc2nc[nH]c2cc1-c1c[nH]c2nc(NC(=O)[C@H]3C[C@H]3F)ccc12. The number of carbonyl (C=O) groups is 1. The van der Waals surface area contributed by atoms with Crippen LogP contribution in [0.4, 0.5) is 10.2 Å². The molecule has 0 bridgehead atoms. The molecular formula is C19H16FN5O2. The number of alkyl halides is 1. The quantitative estimate of drug-likeness (QED) is 0.516. The number of halogens is 1. The Hall–Kier alpha value is -3.42. The molecule has 7 nitrogen and oxygen atoms in total. The molecule has 0 unspecified atom stereocenters. The summed E-state index contributed by atoms with van der Waals surface area (Å²) in [6.07, 6.45) is 2.75. The molecule has 3 heterocycles. The average Bonchev–Trinajstić information content (AvgIpc) is 3.07. The zero-order valence-electron chi connectivity index (χ0n) is 14.4. The molecule has 0 saturated heterocycles. The number of nitrogens with zero attached hydrogens (tertiary/aromatic N) is 2. The zero-order chi connectivity index (χ0) is 18.5. The van der Waals surface area contributed by atoms with E-state index in [1.54, 1.807) is 19.5 Å². The van der Waals surface area contributed by atoms with Gasteiger partial charge >= 0.3 is 0 Å². The van der Waals surface area contributed by atoms with Gasteiger partial charge in [0.1, 0.15) is 23.4 Å². The maximum absolute atomic E-state index is 13.0. The van der Waals surface area contributed by atoms with Crippen molar-refractivity contribution in [2.24, 2.45) is 5.92 Å². The number of nitrogens with one attached hydrogen (secondary N) is 3. The minimum Gasteiger partial charge on any atom is -0.496 e. The van der Waals surface area contributed by atoms with E-state index in [0.717, 1.165) is 27.5 Å². The number of ether oxygens (including phenoxy) is 1. The summed E-state index contributed by atoms with van der Waals surface area (Å²) in [5, 5.41) is 3.56. The topological polar surface area (TPSA) is 95.7 Å². The molecule has 1 amide bonds. The Labute approximate surface area is 153 Å². The molecule has 0 aliphatic heterocycles. The highest BCUT2D eigenvalue weighted by atomic mass is 19.1. The Morgan fingerprint density at radius 1 is 1.30 bits per heavy atom. The number of hydrogen-bond donors (Lipinski definition) is 3. The molecule has 3 aromatic heterocycles. The monoisotopic (exact) mass is 365 g/mol. The van der Waals surface area contributed by atoms with Gasteiger partial charge in [0.25, 0.3) is 0 Å². The molecule has 0 radical (unpaired) electrons. The number of carbonyl (C=O) groups excluding carboxylic acids is 1. The number of aromatic nitrogens is 4. The number of methoxy groups -OCH3 is 1. The van der Waals surface area contributed by atoms with Crippen molar-refractivity contribution >= 4 is 33.8 Å². The van der Waals surface area contributed by atoms with Gasteiger partial charge in [-0.05, 0) is 24.6 Å². The molecule has 4 aromatic rings. The zero-order valence-corrected chi connectivity index (χ0v) is 14.4. The molecule has 5 rings (SSSR count). The summed E-state index contributed by atoms with van der Waals surface area (Å²) < 4.78 is 18.6. The Kier molecular flexibility index (Phi) is 3.40. The molecular weight excluding hydrogens is 349 g/mol. The van der Waals surface area contributed by atoms with Crippen LogP contribution in [0.3, 0.4) is 0 Å². The Balaban J connectivity index is 1.54. The second kappa shape index (κ2) is 5.80. The van der Waals surface area contributed by atoms with Crippen LogP contribution in [0.15, 0.2) is 36.8 Å². The van der Waals surface area contributed by atoms with E-state index >= 15 is 0 Å². The lowest BCUT2D eigenvalue weighted by atomic mass is 10.0. The van der Waals surface area contributed by atoms with Crippen molar-refractivity contribution in [1.82, 2.24) is 19.9 Å². The third kappa shape index (κ3) is 2.61. The molecule has 27 heavy (non-hydrogen) atoms. The van der Waals surface area contributed by atoms with E-state index < -0.39 is 12.1 Å². The number of benzene rings is 1. The summed E-state index contributed by atoms with van der Waals surface area (Å²) in [5.74, 6) is 0.228. The van der Waals surface area contributed by atoms with Crippen LogP contribution in [0.2, 0.25) is 0 Å². The molecule has 1 saturated carbocycles. The maximum Gasteiger partial charge on any atom is 0.231 e. The number of rotatable bonds is 4. The molecule has 1 aliphatic carbocycles. The molecule has 2 atom stereocenters. The number of imidazole rings is 1. The summed E-state index contributed by atoms with van der Waals surface area (Å²) in [4.78, 5) is 26.8. The first-order valence-corrected chi connectivity index (χ1v) is 8.58. The normalized spacial score (nSPS) is 18.7. The van der Waals surface area contributed by atoms with Gasteiger partial charge in [0.2, 0.25) is 5.91 Å². The van der Waals surface area contributed by atoms with Gasteiger partial charge in [0.15, 0.2) is 0 Å². The fraction of sp³-hybridized carbons (Fsp3) is 0.211. The van der Waals surface area contributed by atoms with Gasteiger partial charge < -0.3 is 20.0 Å². The van der Waals surface area contributed by atoms with E-state index in [2.05, 4.69) is 25.3 Å². The lowest BCUT2D eigenvalue weighted by Gasteiger charge is -2.08. The van der Waals surface area contributed by atoms with Crippen LogP contribution in [0, 0.1) is 5.92 Å². The van der Waals surface area contributed by atoms with Gasteiger partial charge in [-0.25, -0.2) is 14.4 Å². The number of pyridine rings is 1. The van der Waals surface area contributed by atoms with Crippen molar-refractivity contribution in [2.45, 2.75) is 12.6 Å². The van der Waals surface area contributed by atoms with Crippen LogP contribution < -0.4 is 10.1 Å². The number of amides is 1. The fourth-order valence-electron chi connectivity index (χ4n) is 3.29. The number of hydrogen-bond acceptors (Lipinski definition) is 4. The van der Waals surface area contributed by atoms with Crippen LogP contribution in [0.1, 0.15) is 6.42 Å². The second-order valence-corrected chi connectivity index (χ2v) is 6.61. The number of aromatic amines is 2. The summed E-state index contributed by atoms with van der Waals surface area (Å²) in [6.45, 7) is 0. The van der Waals surface area contributed by atoms with Gasteiger partial charge in [-0.3, -0.25) is 4.79 Å². The van der Waals surface area contributed by atoms with E-state index in [0.29, 0.717) is 17.2 Å². The smallest absolute Gasteiger partial charge is 0.231 e. The van der Waals surface area contributed by atoms with Crippen LogP contribution in [0.5, 0.6) is 5.75 Å². The van der Waals surface area contributed by atoms with E-state index in [1.165, 1.54) is 0 Å². The van der Waals surface area contributed by atoms with Gasteiger partial charge in [0, 0.05) is 28.8 Å². The van der Waals surface area contributed by atoms with E-state index in [-0.39, 0.29) is 12.3 Å². The highest BCUT2D eigenvalue weighted by Crippen LogP contribution is 2.38. The van der Waals surface area contributed by atoms with E-state index in [1.807, 2.05) is 24.4 Å². The van der Waals surface area contributed by atoms with Crippen molar-refractivity contribution in [2.75, 3.05) is 12.4 Å². The number of H-pyrrole nitrogens is 2. The summed E-state index contributed by atoms with van der Waals surface area (Å²) in [6, 6.07) is 7.45. The second-order valence-electron chi connectivity index (χ2n) is 6.61. The first-order valence-electron chi connectivity index (χ1n) is 8.58. The highest BCUT2D eigenvalue weighted by molar-refractivity contribution is 6.00. The van der Waals surface area contributed by atoms with Gasteiger partial charge in [0.05, 0.1) is 30.4 Å². The molecule has 3 N–H and O–H groups in total. The van der Waals surface area contributed by atoms with Gasteiger partial charge in [-0.15, -0.1) is 0 Å².